The lowest BCUT2D eigenvalue weighted by molar-refractivity contribution is -0.274. The van der Waals surface area contributed by atoms with Crippen LogP contribution >= 0.6 is 0 Å². The Labute approximate surface area is 154 Å². The SMILES string of the molecule is Cn1cc2c(n1)CC(CNS(C)(=O)=O)CN2c1ccc(OC(F)(F)F)cc1. The number of sulfonamides is 1. The van der Waals surface area contributed by atoms with E-state index in [1.807, 2.05) is 11.1 Å². The summed E-state index contributed by atoms with van der Waals surface area (Å²) in [5, 5.41) is 4.41. The van der Waals surface area contributed by atoms with Gasteiger partial charge in [0.05, 0.1) is 17.6 Å². The van der Waals surface area contributed by atoms with Gasteiger partial charge in [0, 0.05) is 32.0 Å². The largest absolute Gasteiger partial charge is 0.573 e. The second-order valence-corrected chi connectivity index (χ2v) is 8.31. The van der Waals surface area contributed by atoms with Crippen LogP contribution in [0.25, 0.3) is 0 Å². The first-order valence-corrected chi connectivity index (χ1v) is 10.00. The Balaban J connectivity index is 1.84. The first kappa shape index (κ1) is 19.5. The monoisotopic (exact) mass is 404 g/mol. The Kier molecular flexibility index (Phi) is 5.08. The smallest absolute Gasteiger partial charge is 0.406 e. The predicted molar refractivity (Wildman–Crippen MR) is 93.4 cm³/mol. The maximum absolute atomic E-state index is 12.3. The normalized spacial score (nSPS) is 17.7. The van der Waals surface area contributed by atoms with Gasteiger partial charge >= 0.3 is 6.36 Å². The molecule has 7 nitrogen and oxygen atoms in total. The van der Waals surface area contributed by atoms with Crippen LogP contribution in [0, 0.1) is 5.92 Å². The molecule has 0 radical (unpaired) electrons. The number of alkyl halides is 3. The molecule has 0 saturated heterocycles. The van der Waals surface area contributed by atoms with Crippen LogP contribution in [0.4, 0.5) is 24.5 Å². The molecule has 0 saturated carbocycles. The van der Waals surface area contributed by atoms with Crippen molar-refractivity contribution in [2.45, 2.75) is 12.8 Å². The third-order valence-electron chi connectivity index (χ3n) is 4.11. The molecule has 0 aliphatic carbocycles. The summed E-state index contributed by atoms with van der Waals surface area (Å²) >= 11 is 0. The zero-order valence-corrected chi connectivity index (χ0v) is 15.5. The molecule has 1 aliphatic heterocycles. The number of nitrogens with one attached hydrogen (secondary N) is 1. The summed E-state index contributed by atoms with van der Waals surface area (Å²) in [5.41, 5.74) is 2.32. The highest BCUT2D eigenvalue weighted by atomic mass is 32.2. The van der Waals surface area contributed by atoms with E-state index in [0.717, 1.165) is 17.6 Å². The van der Waals surface area contributed by atoms with Gasteiger partial charge < -0.3 is 9.64 Å². The van der Waals surface area contributed by atoms with Crippen molar-refractivity contribution in [3.05, 3.63) is 36.2 Å². The second-order valence-electron chi connectivity index (χ2n) is 6.48. The number of fused-ring (bicyclic) bond motifs is 1. The number of anilines is 2. The minimum atomic E-state index is -4.74. The fraction of sp³-hybridized carbons (Fsp3) is 0.438. The van der Waals surface area contributed by atoms with Crippen molar-refractivity contribution < 1.29 is 26.3 Å². The Hall–Kier alpha value is -2.27. The molecule has 0 fully saturated rings. The molecule has 1 aromatic heterocycles. The van der Waals surface area contributed by atoms with E-state index in [1.165, 1.54) is 24.3 Å². The molecule has 1 aromatic carbocycles. The number of aromatic nitrogens is 2. The average Bonchev–Trinajstić information content (AvgIpc) is 2.91. The minimum absolute atomic E-state index is 0.0340. The lowest BCUT2D eigenvalue weighted by Gasteiger charge is -2.33. The zero-order valence-electron chi connectivity index (χ0n) is 14.7. The summed E-state index contributed by atoms with van der Waals surface area (Å²) in [6, 6.07) is 5.56. The van der Waals surface area contributed by atoms with E-state index in [4.69, 9.17) is 0 Å². The zero-order chi connectivity index (χ0) is 19.8. The summed E-state index contributed by atoms with van der Waals surface area (Å²) in [6.07, 6.45) is -1.22. The third kappa shape index (κ3) is 5.13. The standard InChI is InChI=1S/C16H19F3N4O3S/c1-22-10-15-14(21-22)7-11(8-20-27(2,24)25)9-23(15)12-3-5-13(6-4-12)26-16(17,18)19/h3-6,10-11,20H,7-9H2,1-2H3. The summed E-state index contributed by atoms with van der Waals surface area (Å²) in [4.78, 5) is 1.91. The molecule has 2 aromatic rings. The molecule has 1 unspecified atom stereocenters. The van der Waals surface area contributed by atoms with Gasteiger partial charge in [-0.25, -0.2) is 13.1 Å². The summed E-state index contributed by atoms with van der Waals surface area (Å²) in [6.45, 7) is 0.751. The Bertz CT molecular complexity index is 910. The van der Waals surface area contributed by atoms with Crippen LogP contribution in [0.3, 0.4) is 0 Å². The molecular weight excluding hydrogens is 385 g/mol. The van der Waals surface area contributed by atoms with Gasteiger partial charge in [-0.3, -0.25) is 4.68 Å². The molecule has 1 atom stereocenters. The van der Waals surface area contributed by atoms with Gasteiger partial charge in [-0.15, -0.1) is 13.2 Å². The van der Waals surface area contributed by atoms with E-state index in [0.29, 0.717) is 18.7 Å². The molecule has 2 heterocycles. The van der Waals surface area contributed by atoms with Crippen molar-refractivity contribution in [3.8, 4) is 5.75 Å². The molecule has 0 amide bonds. The number of ether oxygens (including phenoxy) is 1. The number of aryl methyl sites for hydroxylation is 1. The van der Waals surface area contributed by atoms with Crippen molar-refractivity contribution in [2.24, 2.45) is 13.0 Å². The van der Waals surface area contributed by atoms with Crippen molar-refractivity contribution in [3.63, 3.8) is 0 Å². The maximum Gasteiger partial charge on any atom is 0.573 e. The van der Waals surface area contributed by atoms with E-state index in [1.54, 1.807) is 11.7 Å². The topological polar surface area (TPSA) is 76.5 Å². The first-order valence-electron chi connectivity index (χ1n) is 8.11. The van der Waals surface area contributed by atoms with E-state index >= 15 is 0 Å². The van der Waals surface area contributed by atoms with Gasteiger partial charge in [-0.2, -0.15) is 5.10 Å². The first-order chi connectivity index (χ1) is 12.5. The van der Waals surface area contributed by atoms with Crippen molar-refractivity contribution in [2.75, 3.05) is 24.2 Å². The Morgan fingerprint density at radius 3 is 2.56 bits per heavy atom. The number of hydrogen-bond acceptors (Lipinski definition) is 5. The van der Waals surface area contributed by atoms with E-state index in [-0.39, 0.29) is 18.2 Å². The molecule has 1 N–H and O–H groups in total. The Morgan fingerprint density at radius 1 is 1.30 bits per heavy atom. The fourth-order valence-corrected chi connectivity index (χ4v) is 3.60. The van der Waals surface area contributed by atoms with E-state index < -0.39 is 16.4 Å². The minimum Gasteiger partial charge on any atom is -0.406 e. The second kappa shape index (κ2) is 7.04. The van der Waals surface area contributed by atoms with Gasteiger partial charge in [0.25, 0.3) is 0 Å². The number of nitrogens with zero attached hydrogens (tertiary/aromatic N) is 3. The molecular formula is C16H19F3N4O3S. The molecule has 1 aliphatic rings. The summed E-state index contributed by atoms with van der Waals surface area (Å²) in [7, 11) is -1.54. The lowest BCUT2D eigenvalue weighted by atomic mass is 9.97. The molecule has 148 valence electrons. The van der Waals surface area contributed by atoms with Gasteiger partial charge in [0.1, 0.15) is 5.75 Å². The van der Waals surface area contributed by atoms with Crippen molar-refractivity contribution in [1.82, 2.24) is 14.5 Å². The van der Waals surface area contributed by atoms with Crippen molar-refractivity contribution >= 4 is 21.4 Å². The van der Waals surface area contributed by atoms with Crippen molar-refractivity contribution in [1.29, 1.82) is 0 Å². The highest BCUT2D eigenvalue weighted by Crippen LogP contribution is 2.35. The van der Waals surface area contributed by atoms with Gasteiger partial charge in [0.2, 0.25) is 10.0 Å². The lowest BCUT2D eigenvalue weighted by Crippen LogP contribution is -2.38. The summed E-state index contributed by atoms with van der Waals surface area (Å²) in [5.74, 6) is -0.335. The fourth-order valence-electron chi connectivity index (χ4n) is 3.07. The highest BCUT2D eigenvalue weighted by Gasteiger charge is 2.32. The Morgan fingerprint density at radius 2 is 1.96 bits per heavy atom. The van der Waals surface area contributed by atoms with E-state index in [9.17, 15) is 21.6 Å². The number of benzene rings is 1. The van der Waals surface area contributed by atoms with Crippen LogP contribution in [0.15, 0.2) is 30.5 Å². The molecule has 0 spiro atoms. The van der Waals surface area contributed by atoms with Crippen LogP contribution in [-0.2, 0) is 23.5 Å². The van der Waals surface area contributed by atoms with Crippen LogP contribution < -0.4 is 14.4 Å². The molecule has 11 heteroatoms. The van der Waals surface area contributed by atoms with Crippen LogP contribution in [-0.4, -0.2) is 43.9 Å². The summed E-state index contributed by atoms with van der Waals surface area (Å²) < 4.78 is 67.8. The highest BCUT2D eigenvalue weighted by molar-refractivity contribution is 7.88. The molecule has 27 heavy (non-hydrogen) atoms. The van der Waals surface area contributed by atoms with Gasteiger partial charge in [0.15, 0.2) is 0 Å². The number of rotatable bonds is 5. The quantitative estimate of drug-likeness (QED) is 0.827. The third-order valence-corrected chi connectivity index (χ3v) is 4.80. The molecule has 0 bridgehead atoms. The van der Waals surface area contributed by atoms with Crippen LogP contribution in [0.2, 0.25) is 0 Å². The van der Waals surface area contributed by atoms with Crippen LogP contribution in [0.1, 0.15) is 5.69 Å². The number of hydrogen-bond donors (Lipinski definition) is 1. The van der Waals surface area contributed by atoms with E-state index in [2.05, 4.69) is 14.6 Å². The van der Waals surface area contributed by atoms with Crippen LogP contribution in [0.5, 0.6) is 5.75 Å². The number of halogens is 3. The predicted octanol–water partition coefficient (Wildman–Crippen LogP) is 2.18. The average molecular weight is 404 g/mol. The van der Waals surface area contributed by atoms with Gasteiger partial charge in [-0.1, -0.05) is 0 Å². The van der Waals surface area contributed by atoms with Gasteiger partial charge in [-0.05, 0) is 36.6 Å². The molecule has 3 rings (SSSR count). The maximum atomic E-state index is 12.3.